The van der Waals surface area contributed by atoms with Crippen molar-refractivity contribution in [2.75, 3.05) is 0 Å². The summed E-state index contributed by atoms with van der Waals surface area (Å²) in [6, 6.07) is 10.0. The second-order valence-corrected chi connectivity index (χ2v) is 6.31. The zero-order valence-electron chi connectivity index (χ0n) is 13.5. The van der Waals surface area contributed by atoms with E-state index in [1.807, 2.05) is 30.3 Å². The van der Waals surface area contributed by atoms with Gasteiger partial charge in [-0.1, -0.05) is 55.3 Å². The average Bonchev–Trinajstić information content (AvgIpc) is 3.05. The van der Waals surface area contributed by atoms with E-state index in [1.54, 1.807) is 0 Å². The zero-order valence-corrected chi connectivity index (χ0v) is 13.5. The van der Waals surface area contributed by atoms with Gasteiger partial charge < -0.3 is 9.84 Å². The summed E-state index contributed by atoms with van der Waals surface area (Å²) in [6.45, 7) is 2.22. The van der Waals surface area contributed by atoms with Crippen LogP contribution < -0.4 is 5.32 Å². The summed E-state index contributed by atoms with van der Waals surface area (Å²) in [5.74, 6) is 1.72. The van der Waals surface area contributed by atoms with E-state index in [1.165, 1.54) is 19.3 Å². The Morgan fingerprint density at radius 1 is 1.26 bits per heavy atom. The number of rotatable bonds is 5. The van der Waals surface area contributed by atoms with Gasteiger partial charge in [0.2, 0.25) is 17.6 Å². The Labute approximate surface area is 136 Å². The first-order chi connectivity index (χ1) is 11.2. The van der Waals surface area contributed by atoms with Gasteiger partial charge in [0, 0.05) is 24.4 Å². The van der Waals surface area contributed by atoms with Gasteiger partial charge in [-0.2, -0.15) is 4.98 Å². The Morgan fingerprint density at radius 2 is 2.04 bits per heavy atom. The van der Waals surface area contributed by atoms with E-state index in [9.17, 15) is 4.79 Å². The van der Waals surface area contributed by atoms with Crippen LogP contribution in [0.25, 0.3) is 11.4 Å². The molecule has 1 heterocycles. The molecule has 0 spiro atoms. The molecule has 1 aromatic carbocycles. The minimum absolute atomic E-state index is 0.0724. The molecule has 1 N–H and O–H groups in total. The van der Waals surface area contributed by atoms with Crippen LogP contribution in [-0.2, 0) is 11.2 Å². The van der Waals surface area contributed by atoms with Crippen molar-refractivity contribution in [2.45, 2.75) is 51.5 Å². The number of hydrogen-bond donors (Lipinski definition) is 1. The number of benzene rings is 1. The molecule has 0 saturated heterocycles. The number of aryl methyl sites for hydroxylation is 1. The summed E-state index contributed by atoms with van der Waals surface area (Å²) in [6.07, 6.45) is 5.64. The van der Waals surface area contributed by atoms with Crippen LogP contribution in [0, 0.1) is 5.92 Å². The molecule has 1 saturated carbocycles. The quantitative estimate of drug-likeness (QED) is 0.919. The Bertz CT molecular complexity index is 639. The third-order valence-electron chi connectivity index (χ3n) is 4.52. The van der Waals surface area contributed by atoms with Gasteiger partial charge in [0.05, 0.1) is 0 Å². The highest BCUT2D eigenvalue weighted by Crippen LogP contribution is 2.23. The molecule has 1 aromatic heterocycles. The first-order valence-corrected chi connectivity index (χ1v) is 8.40. The highest BCUT2D eigenvalue weighted by Gasteiger charge is 2.22. The second-order valence-electron chi connectivity index (χ2n) is 6.31. The lowest BCUT2D eigenvalue weighted by Gasteiger charge is -2.29. The van der Waals surface area contributed by atoms with Gasteiger partial charge in [-0.25, -0.2) is 0 Å². The Kier molecular flexibility index (Phi) is 5.05. The molecule has 1 aliphatic rings. The zero-order chi connectivity index (χ0) is 16.1. The van der Waals surface area contributed by atoms with Gasteiger partial charge in [0.25, 0.3) is 0 Å². The van der Waals surface area contributed by atoms with Crippen molar-refractivity contribution in [1.29, 1.82) is 0 Å². The molecule has 23 heavy (non-hydrogen) atoms. The molecule has 5 heteroatoms. The number of carbonyl (C=O) groups excluding carboxylic acids is 1. The molecule has 0 radical (unpaired) electrons. The number of carbonyl (C=O) groups is 1. The van der Waals surface area contributed by atoms with Gasteiger partial charge in [0.1, 0.15) is 0 Å². The van der Waals surface area contributed by atoms with Crippen LogP contribution >= 0.6 is 0 Å². The van der Waals surface area contributed by atoms with Crippen LogP contribution in [0.1, 0.15) is 44.9 Å². The largest absolute Gasteiger partial charge is 0.353 e. The lowest BCUT2D eigenvalue weighted by molar-refractivity contribution is -0.122. The maximum atomic E-state index is 12.1. The molecule has 0 bridgehead atoms. The Hall–Kier alpha value is -2.17. The van der Waals surface area contributed by atoms with Crippen molar-refractivity contribution >= 4 is 5.91 Å². The summed E-state index contributed by atoms with van der Waals surface area (Å²) in [5, 5.41) is 7.12. The topological polar surface area (TPSA) is 68.0 Å². The maximum absolute atomic E-state index is 12.1. The van der Waals surface area contributed by atoms with Gasteiger partial charge in [-0.3, -0.25) is 4.79 Å². The number of aromatic nitrogens is 2. The summed E-state index contributed by atoms with van der Waals surface area (Å²) >= 11 is 0. The third kappa shape index (κ3) is 4.18. The number of hydrogen-bond acceptors (Lipinski definition) is 4. The molecule has 2 aromatic rings. The second kappa shape index (κ2) is 7.40. The van der Waals surface area contributed by atoms with E-state index in [2.05, 4.69) is 22.4 Å². The van der Waals surface area contributed by atoms with Gasteiger partial charge in [-0.15, -0.1) is 0 Å². The van der Waals surface area contributed by atoms with Crippen molar-refractivity contribution in [3.8, 4) is 11.4 Å². The van der Waals surface area contributed by atoms with Crippen LogP contribution in [0.4, 0.5) is 0 Å². The maximum Gasteiger partial charge on any atom is 0.227 e. The molecule has 122 valence electrons. The molecule has 1 fully saturated rings. The predicted molar refractivity (Wildman–Crippen MR) is 87.6 cm³/mol. The monoisotopic (exact) mass is 313 g/mol. The van der Waals surface area contributed by atoms with Crippen LogP contribution in [0.15, 0.2) is 34.9 Å². The molecule has 1 amide bonds. The van der Waals surface area contributed by atoms with E-state index in [4.69, 9.17) is 4.52 Å². The van der Waals surface area contributed by atoms with Gasteiger partial charge in [-0.05, 0) is 18.8 Å². The predicted octanol–water partition coefficient (Wildman–Crippen LogP) is 3.36. The van der Waals surface area contributed by atoms with E-state index in [-0.39, 0.29) is 5.91 Å². The first kappa shape index (κ1) is 15.7. The van der Waals surface area contributed by atoms with E-state index in [0.717, 1.165) is 12.0 Å². The third-order valence-corrected chi connectivity index (χ3v) is 4.52. The number of nitrogens with one attached hydrogen (secondary N) is 1. The summed E-state index contributed by atoms with van der Waals surface area (Å²) in [7, 11) is 0. The standard InChI is InChI=1S/C18H23N3O2/c1-13-7-5-6-10-15(13)19-16(22)11-12-17-20-18(21-23-17)14-8-3-2-4-9-14/h2-4,8-9,13,15H,5-7,10-12H2,1H3,(H,19,22)/t13-,15-/m1/s1. The van der Waals surface area contributed by atoms with Crippen LogP contribution in [0.3, 0.4) is 0 Å². The lowest BCUT2D eigenvalue weighted by atomic mass is 9.86. The fourth-order valence-electron chi connectivity index (χ4n) is 3.09. The van der Waals surface area contributed by atoms with Crippen molar-refractivity contribution in [3.05, 3.63) is 36.2 Å². The van der Waals surface area contributed by atoms with E-state index < -0.39 is 0 Å². The minimum atomic E-state index is 0.0724. The highest BCUT2D eigenvalue weighted by atomic mass is 16.5. The normalized spacial score (nSPS) is 21.1. The van der Waals surface area contributed by atoms with Crippen LogP contribution in [-0.4, -0.2) is 22.1 Å². The average molecular weight is 313 g/mol. The minimum Gasteiger partial charge on any atom is -0.353 e. The highest BCUT2D eigenvalue weighted by molar-refractivity contribution is 5.76. The lowest BCUT2D eigenvalue weighted by Crippen LogP contribution is -2.41. The summed E-state index contributed by atoms with van der Waals surface area (Å²) in [5.41, 5.74) is 0.919. The van der Waals surface area contributed by atoms with Crippen LogP contribution in [0.5, 0.6) is 0 Å². The summed E-state index contributed by atoms with van der Waals surface area (Å²) in [4.78, 5) is 16.5. The Balaban J connectivity index is 1.50. The molecule has 2 atom stereocenters. The van der Waals surface area contributed by atoms with Crippen molar-refractivity contribution in [1.82, 2.24) is 15.5 Å². The van der Waals surface area contributed by atoms with Gasteiger partial charge >= 0.3 is 0 Å². The molecule has 0 aliphatic heterocycles. The molecule has 3 rings (SSSR count). The molecule has 0 unspecified atom stereocenters. The molecular formula is C18H23N3O2. The smallest absolute Gasteiger partial charge is 0.227 e. The molecular weight excluding hydrogens is 290 g/mol. The van der Waals surface area contributed by atoms with Crippen molar-refractivity contribution < 1.29 is 9.32 Å². The SMILES string of the molecule is C[C@@H]1CCCC[C@H]1NC(=O)CCc1nc(-c2ccccc2)no1. The fourth-order valence-corrected chi connectivity index (χ4v) is 3.09. The fraction of sp³-hybridized carbons (Fsp3) is 0.500. The van der Waals surface area contributed by atoms with Crippen molar-refractivity contribution in [3.63, 3.8) is 0 Å². The van der Waals surface area contributed by atoms with Gasteiger partial charge in [0.15, 0.2) is 0 Å². The molecule has 1 aliphatic carbocycles. The van der Waals surface area contributed by atoms with E-state index in [0.29, 0.717) is 36.5 Å². The van der Waals surface area contributed by atoms with Crippen LogP contribution in [0.2, 0.25) is 0 Å². The number of nitrogens with zero attached hydrogens (tertiary/aromatic N) is 2. The summed E-state index contributed by atoms with van der Waals surface area (Å²) < 4.78 is 5.24. The molecule has 5 nitrogen and oxygen atoms in total. The van der Waals surface area contributed by atoms with Crippen molar-refractivity contribution in [2.24, 2.45) is 5.92 Å². The number of amides is 1. The first-order valence-electron chi connectivity index (χ1n) is 8.40. The Morgan fingerprint density at radius 3 is 2.83 bits per heavy atom. The van der Waals surface area contributed by atoms with E-state index >= 15 is 0 Å².